The monoisotopic (exact) mass is 429 g/mol. The van der Waals surface area contributed by atoms with Crippen LogP contribution in [0.3, 0.4) is 0 Å². The third kappa shape index (κ3) is 3.24. The molecule has 8 nitrogen and oxygen atoms in total. The van der Waals surface area contributed by atoms with E-state index in [1.54, 1.807) is 37.4 Å². The Balaban J connectivity index is 1.96. The van der Waals surface area contributed by atoms with E-state index in [2.05, 4.69) is 10.3 Å². The highest BCUT2D eigenvalue weighted by Gasteiger charge is 2.30. The minimum absolute atomic E-state index is 0.0164. The fraction of sp³-hybridized carbons (Fsp3) is 0.238. The van der Waals surface area contributed by atoms with Crippen molar-refractivity contribution in [3.63, 3.8) is 0 Å². The number of nitrogens with zero attached hydrogens (tertiary/aromatic N) is 1. The largest absolute Gasteiger partial charge is 0.494 e. The summed E-state index contributed by atoms with van der Waals surface area (Å²) in [6.07, 6.45) is 0.703. The Kier molecular flexibility index (Phi) is 5.27. The first-order valence-electron chi connectivity index (χ1n) is 9.27. The van der Waals surface area contributed by atoms with Gasteiger partial charge in [-0.2, -0.15) is 0 Å². The van der Waals surface area contributed by atoms with Gasteiger partial charge in [0.25, 0.3) is 5.56 Å². The number of H-pyrrole nitrogens is 1. The Hall–Kier alpha value is -3.23. The van der Waals surface area contributed by atoms with Gasteiger partial charge in [0.15, 0.2) is 11.5 Å². The van der Waals surface area contributed by atoms with Crippen LogP contribution >= 0.6 is 11.6 Å². The molecule has 2 aromatic carbocycles. The van der Waals surface area contributed by atoms with Crippen LogP contribution in [0.4, 0.5) is 0 Å². The van der Waals surface area contributed by atoms with Crippen LogP contribution in [0.1, 0.15) is 22.7 Å². The molecule has 0 spiro atoms. The molecule has 0 radical (unpaired) electrons. The van der Waals surface area contributed by atoms with Crippen LogP contribution in [-0.4, -0.2) is 35.4 Å². The predicted octanol–water partition coefficient (Wildman–Crippen LogP) is 2.14. The first-order chi connectivity index (χ1) is 14.5. The number of methoxy groups -OCH3 is 2. The maximum absolute atomic E-state index is 12.8. The second-order valence-corrected chi connectivity index (χ2v) is 7.23. The highest BCUT2D eigenvalue weighted by molar-refractivity contribution is 6.32. The molecule has 1 aliphatic rings. The average molecular weight is 430 g/mol. The van der Waals surface area contributed by atoms with Crippen LogP contribution in [0, 0.1) is 0 Å². The van der Waals surface area contributed by atoms with Crippen LogP contribution in [0.25, 0.3) is 5.69 Å². The molecule has 2 heterocycles. The number of hydrogen-bond donors (Lipinski definition) is 3. The van der Waals surface area contributed by atoms with Crippen molar-refractivity contribution in [2.24, 2.45) is 0 Å². The van der Waals surface area contributed by atoms with E-state index >= 15 is 0 Å². The predicted molar refractivity (Wildman–Crippen MR) is 112 cm³/mol. The second-order valence-electron chi connectivity index (χ2n) is 6.83. The minimum atomic E-state index is -0.780. The van der Waals surface area contributed by atoms with Gasteiger partial charge in [-0.05, 0) is 41.8 Å². The first kappa shape index (κ1) is 20.1. The van der Waals surface area contributed by atoms with E-state index in [0.29, 0.717) is 24.5 Å². The van der Waals surface area contributed by atoms with Crippen molar-refractivity contribution in [2.45, 2.75) is 12.5 Å². The van der Waals surface area contributed by atoms with E-state index < -0.39 is 23.2 Å². The van der Waals surface area contributed by atoms with Gasteiger partial charge in [0.2, 0.25) is 5.88 Å². The van der Waals surface area contributed by atoms with Crippen molar-refractivity contribution < 1.29 is 14.6 Å². The number of halogens is 1. The van der Waals surface area contributed by atoms with E-state index in [0.717, 1.165) is 15.7 Å². The van der Waals surface area contributed by atoms with E-state index in [4.69, 9.17) is 21.1 Å². The number of para-hydroxylation sites is 1. The van der Waals surface area contributed by atoms with Crippen LogP contribution in [0.5, 0.6) is 17.4 Å². The van der Waals surface area contributed by atoms with E-state index in [1.165, 1.54) is 7.11 Å². The molecule has 0 amide bonds. The van der Waals surface area contributed by atoms with E-state index in [-0.39, 0.29) is 16.3 Å². The summed E-state index contributed by atoms with van der Waals surface area (Å²) in [5.41, 5.74) is 0.526. The molecule has 0 bridgehead atoms. The summed E-state index contributed by atoms with van der Waals surface area (Å²) in [6, 6.07) is 9.54. The van der Waals surface area contributed by atoms with Gasteiger partial charge in [-0.1, -0.05) is 23.7 Å². The Bertz CT molecular complexity index is 1230. The fourth-order valence-corrected chi connectivity index (χ4v) is 4.02. The number of benzene rings is 2. The SMILES string of the molecule is COc1cc2c(cc1OC)[C@H](c1c(O)n(-c3ccccc3Cl)c(=O)[nH]c1=O)NCC2. The average Bonchev–Trinajstić information content (AvgIpc) is 2.73. The molecular weight excluding hydrogens is 410 g/mol. The molecule has 0 aliphatic carbocycles. The quantitative estimate of drug-likeness (QED) is 0.586. The third-order valence-corrected chi connectivity index (χ3v) is 5.52. The van der Waals surface area contributed by atoms with Crippen LogP contribution in [-0.2, 0) is 6.42 Å². The van der Waals surface area contributed by atoms with Crippen molar-refractivity contribution in [1.82, 2.24) is 14.9 Å². The maximum atomic E-state index is 12.8. The fourth-order valence-electron chi connectivity index (χ4n) is 3.80. The Morgan fingerprint density at radius 1 is 1.13 bits per heavy atom. The summed E-state index contributed by atoms with van der Waals surface area (Å²) in [4.78, 5) is 27.6. The van der Waals surface area contributed by atoms with Crippen molar-refractivity contribution in [2.75, 3.05) is 20.8 Å². The summed E-state index contributed by atoms with van der Waals surface area (Å²) in [5.74, 6) is 0.605. The molecule has 30 heavy (non-hydrogen) atoms. The van der Waals surface area contributed by atoms with Gasteiger partial charge in [-0.25, -0.2) is 9.36 Å². The van der Waals surface area contributed by atoms with Gasteiger partial charge in [-0.3, -0.25) is 9.78 Å². The number of rotatable bonds is 4. The highest BCUT2D eigenvalue weighted by Crippen LogP contribution is 2.38. The van der Waals surface area contributed by atoms with Gasteiger partial charge in [0, 0.05) is 6.54 Å². The van der Waals surface area contributed by atoms with Gasteiger partial charge in [0.05, 0.1) is 36.5 Å². The van der Waals surface area contributed by atoms with Gasteiger partial charge in [0.1, 0.15) is 0 Å². The summed E-state index contributed by atoms with van der Waals surface area (Å²) in [5, 5.41) is 14.5. The molecule has 1 atom stereocenters. The van der Waals surface area contributed by atoms with Crippen LogP contribution < -0.4 is 26.0 Å². The zero-order valence-corrected chi connectivity index (χ0v) is 17.1. The standard InChI is InChI=1S/C21H20ClN3O5/c1-29-15-9-11-7-8-23-18(12(11)10-16(15)30-2)17-19(26)24-21(28)25(20(17)27)14-6-4-3-5-13(14)22/h3-6,9-10,18,23,27H,7-8H2,1-2H3,(H,24,26,28)/t18-/m1/s1. The van der Waals surface area contributed by atoms with Crippen molar-refractivity contribution in [3.8, 4) is 23.1 Å². The lowest BCUT2D eigenvalue weighted by atomic mass is 9.90. The van der Waals surface area contributed by atoms with E-state index in [9.17, 15) is 14.7 Å². The number of nitrogens with one attached hydrogen (secondary N) is 2. The molecule has 1 aromatic heterocycles. The topological polar surface area (TPSA) is 106 Å². The van der Waals surface area contributed by atoms with E-state index in [1.807, 2.05) is 6.07 Å². The Labute approximate surface area is 176 Å². The normalized spacial score (nSPS) is 15.5. The Morgan fingerprint density at radius 2 is 1.83 bits per heavy atom. The molecular formula is C21H20ClN3O5. The number of aromatic amines is 1. The molecule has 156 valence electrons. The van der Waals surface area contributed by atoms with Crippen molar-refractivity contribution in [3.05, 3.63) is 78.9 Å². The zero-order chi connectivity index (χ0) is 21.4. The Morgan fingerprint density at radius 3 is 2.53 bits per heavy atom. The molecule has 0 saturated heterocycles. The lowest BCUT2D eigenvalue weighted by Gasteiger charge is -2.28. The van der Waals surface area contributed by atoms with Crippen molar-refractivity contribution >= 4 is 11.6 Å². The number of aromatic nitrogens is 2. The lowest BCUT2D eigenvalue weighted by Crippen LogP contribution is -2.38. The third-order valence-electron chi connectivity index (χ3n) is 5.20. The summed E-state index contributed by atoms with van der Waals surface area (Å²) < 4.78 is 11.8. The molecule has 3 aromatic rings. The number of fused-ring (bicyclic) bond motifs is 1. The van der Waals surface area contributed by atoms with Gasteiger partial charge >= 0.3 is 5.69 Å². The van der Waals surface area contributed by atoms with Gasteiger partial charge in [-0.15, -0.1) is 0 Å². The smallest absolute Gasteiger partial charge is 0.335 e. The molecule has 0 saturated carbocycles. The lowest BCUT2D eigenvalue weighted by molar-refractivity contribution is 0.352. The number of ether oxygens (including phenoxy) is 2. The summed E-state index contributed by atoms with van der Waals surface area (Å²) >= 11 is 6.23. The molecule has 3 N–H and O–H groups in total. The molecule has 4 rings (SSSR count). The van der Waals surface area contributed by atoms with Crippen LogP contribution in [0.2, 0.25) is 5.02 Å². The maximum Gasteiger partial charge on any atom is 0.335 e. The van der Waals surface area contributed by atoms with Crippen LogP contribution in [0.15, 0.2) is 46.0 Å². The highest BCUT2D eigenvalue weighted by atomic mass is 35.5. The summed E-state index contributed by atoms with van der Waals surface area (Å²) in [7, 11) is 3.08. The second kappa shape index (κ2) is 7.89. The molecule has 9 heteroatoms. The molecule has 0 fully saturated rings. The number of hydrogen-bond acceptors (Lipinski definition) is 6. The molecule has 1 aliphatic heterocycles. The minimum Gasteiger partial charge on any atom is -0.494 e. The number of aromatic hydroxyl groups is 1. The first-order valence-corrected chi connectivity index (χ1v) is 9.65. The van der Waals surface area contributed by atoms with Crippen molar-refractivity contribution in [1.29, 1.82) is 0 Å². The van der Waals surface area contributed by atoms with Gasteiger partial charge < -0.3 is 19.9 Å². The summed E-state index contributed by atoms with van der Waals surface area (Å²) in [6.45, 7) is 0.567. The molecule has 0 unspecified atom stereocenters. The zero-order valence-electron chi connectivity index (χ0n) is 16.4.